The summed E-state index contributed by atoms with van der Waals surface area (Å²) in [4.78, 5) is 14.3. The van der Waals surface area contributed by atoms with E-state index in [1.165, 1.54) is 6.07 Å². The van der Waals surface area contributed by atoms with Gasteiger partial charge in [0.2, 0.25) is 0 Å². The summed E-state index contributed by atoms with van der Waals surface area (Å²) < 4.78 is 0. The average Bonchev–Trinajstić information content (AvgIpc) is 2.19. The molecule has 0 atom stereocenters. The Labute approximate surface area is 80.8 Å². The van der Waals surface area contributed by atoms with E-state index < -0.39 is 5.97 Å². The first-order valence-corrected chi connectivity index (χ1v) is 3.80. The van der Waals surface area contributed by atoms with Gasteiger partial charge in [0.15, 0.2) is 0 Å². The van der Waals surface area contributed by atoms with E-state index >= 15 is 0 Å². The van der Waals surface area contributed by atoms with E-state index in [1.807, 2.05) is 6.07 Å². The van der Waals surface area contributed by atoms with Crippen LogP contribution in [0, 0.1) is 23.2 Å². The first kappa shape index (κ1) is 9.76. The van der Waals surface area contributed by atoms with E-state index in [2.05, 4.69) is 16.8 Å². The Balaban J connectivity index is 2.92. The molecule has 0 unspecified atom stereocenters. The summed E-state index contributed by atoms with van der Waals surface area (Å²) in [5.41, 5.74) is 0.314. The predicted molar refractivity (Wildman–Crippen MR) is 48.3 cm³/mol. The molecule has 1 rings (SSSR count). The van der Waals surface area contributed by atoms with Gasteiger partial charge in [-0.05, 0) is 18.1 Å². The van der Waals surface area contributed by atoms with Crippen LogP contribution in [0.4, 0.5) is 0 Å². The van der Waals surface area contributed by atoms with Crippen LogP contribution in [0.1, 0.15) is 22.6 Å². The van der Waals surface area contributed by atoms with Gasteiger partial charge < -0.3 is 5.11 Å². The lowest BCUT2D eigenvalue weighted by atomic mass is 10.3. The molecule has 0 bridgehead atoms. The Morgan fingerprint density at radius 3 is 3.00 bits per heavy atom. The smallest absolute Gasteiger partial charge is 0.354 e. The highest BCUT2D eigenvalue weighted by molar-refractivity contribution is 5.85. The van der Waals surface area contributed by atoms with Gasteiger partial charge >= 0.3 is 5.97 Å². The first-order valence-electron chi connectivity index (χ1n) is 3.80. The lowest BCUT2D eigenvalue weighted by Crippen LogP contribution is -2.00. The van der Waals surface area contributed by atoms with Crippen LogP contribution in [0.3, 0.4) is 0 Å². The Morgan fingerprint density at radius 2 is 2.36 bits per heavy atom. The van der Waals surface area contributed by atoms with Gasteiger partial charge in [-0.1, -0.05) is 12.0 Å². The molecule has 1 aromatic heterocycles. The van der Waals surface area contributed by atoms with Crippen molar-refractivity contribution in [1.29, 1.82) is 5.26 Å². The SMILES string of the molecule is N#CCC#Cc1cccc(C(=O)O)n1. The third-order valence-electron chi connectivity index (χ3n) is 1.35. The van der Waals surface area contributed by atoms with Gasteiger partial charge in [-0.3, -0.25) is 0 Å². The fourth-order valence-corrected chi connectivity index (χ4v) is 0.798. The summed E-state index contributed by atoms with van der Waals surface area (Å²) in [5.74, 6) is 4.06. The van der Waals surface area contributed by atoms with Crippen molar-refractivity contribution in [2.75, 3.05) is 0 Å². The summed E-state index contributed by atoms with van der Waals surface area (Å²) in [7, 11) is 0. The maximum absolute atomic E-state index is 10.5. The number of aromatic carboxylic acids is 1. The van der Waals surface area contributed by atoms with Gasteiger partial charge in [0.05, 0.1) is 12.5 Å². The zero-order chi connectivity index (χ0) is 10.4. The van der Waals surface area contributed by atoms with Gasteiger partial charge in [-0.2, -0.15) is 5.26 Å². The van der Waals surface area contributed by atoms with Gasteiger partial charge in [0.25, 0.3) is 0 Å². The molecule has 68 valence electrons. The molecular weight excluding hydrogens is 180 g/mol. The molecule has 0 aliphatic heterocycles. The van der Waals surface area contributed by atoms with Crippen LogP contribution in [-0.2, 0) is 0 Å². The second-order valence-electron chi connectivity index (χ2n) is 2.35. The van der Waals surface area contributed by atoms with Crippen LogP contribution in [0.25, 0.3) is 0 Å². The standard InChI is InChI=1S/C10H6N2O2/c11-7-2-1-4-8-5-3-6-9(12-8)10(13)14/h3,5-6H,2H2,(H,13,14). The van der Waals surface area contributed by atoms with Crippen LogP contribution in [-0.4, -0.2) is 16.1 Å². The van der Waals surface area contributed by atoms with Crippen LogP contribution >= 0.6 is 0 Å². The van der Waals surface area contributed by atoms with Crippen molar-refractivity contribution in [1.82, 2.24) is 4.98 Å². The summed E-state index contributed by atoms with van der Waals surface area (Å²) in [6.45, 7) is 0. The highest BCUT2D eigenvalue weighted by atomic mass is 16.4. The molecule has 1 heterocycles. The molecule has 0 fully saturated rings. The Bertz CT molecular complexity index is 449. The molecule has 14 heavy (non-hydrogen) atoms. The summed E-state index contributed by atoms with van der Waals surface area (Å²) in [6.07, 6.45) is 0.110. The molecule has 0 aliphatic carbocycles. The average molecular weight is 186 g/mol. The number of nitrogens with zero attached hydrogens (tertiary/aromatic N) is 2. The summed E-state index contributed by atoms with van der Waals surface area (Å²) in [6, 6.07) is 6.40. The lowest BCUT2D eigenvalue weighted by molar-refractivity contribution is 0.0690. The summed E-state index contributed by atoms with van der Waals surface area (Å²) >= 11 is 0. The van der Waals surface area contributed by atoms with Crippen molar-refractivity contribution < 1.29 is 9.90 Å². The number of carboxylic acids is 1. The van der Waals surface area contributed by atoms with Gasteiger partial charge in [-0.25, -0.2) is 9.78 Å². The van der Waals surface area contributed by atoms with Crippen LogP contribution in [0.5, 0.6) is 0 Å². The highest BCUT2D eigenvalue weighted by Gasteiger charge is 2.02. The van der Waals surface area contributed by atoms with Crippen molar-refractivity contribution in [2.45, 2.75) is 6.42 Å². The Morgan fingerprint density at radius 1 is 1.57 bits per heavy atom. The zero-order valence-electron chi connectivity index (χ0n) is 7.19. The third-order valence-corrected chi connectivity index (χ3v) is 1.35. The first-order chi connectivity index (χ1) is 6.74. The second kappa shape index (κ2) is 4.64. The third kappa shape index (κ3) is 2.62. The number of rotatable bonds is 1. The maximum Gasteiger partial charge on any atom is 0.354 e. The molecule has 0 aliphatic rings. The Kier molecular flexibility index (Phi) is 3.23. The molecule has 0 radical (unpaired) electrons. The van der Waals surface area contributed by atoms with Crippen molar-refractivity contribution >= 4 is 5.97 Å². The molecule has 0 amide bonds. The molecule has 4 heteroatoms. The number of carboxylic acid groups (broad SMARTS) is 1. The topological polar surface area (TPSA) is 74.0 Å². The maximum atomic E-state index is 10.5. The Hall–Kier alpha value is -2.33. The number of hydrogen-bond acceptors (Lipinski definition) is 3. The summed E-state index contributed by atoms with van der Waals surface area (Å²) in [5, 5.41) is 16.8. The predicted octanol–water partition coefficient (Wildman–Crippen LogP) is 1.04. The molecule has 1 N–H and O–H groups in total. The van der Waals surface area contributed by atoms with E-state index in [0.29, 0.717) is 5.69 Å². The molecule has 1 aromatic rings. The largest absolute Gasteiger partial charge is 0.477 e. The van der Waals surface area contributed by atoms with Crippen molar-refractivity contribution in [3.63, 3.8) is 0 Å². The van der Waals surface area contributed by atoms with Crippen LogP contribution < -0.4 is 0 Å². The molecule has 0 spiro atoms. The second-order valence-corrected chi connectivity index (χ2v) is 2.35. The number of carbonyl (C=O) groups is 1. The number of pyridine rings is 1. The monoisotopic (exact) mass is 186 g/mol. The minimum absolute atomic E-state index is 0.0474. The number of nitriles is 1. The minimum atomic E-state index is -1.09. The minimum Gasteiger partial charge on any atom is -0.477 e. The van der Waals surface area contributed by atoms with Crippen molar-refractivity contribution in [2.24, 2.45) is 0 Å². The molecule has 0 aromatic carbocycles. The highest BCUT2D eigenvalue weighted by Crippen LogP contribution is 1.97. The van der Waals surface area contributed by atoms with Crippen molar-refractivity contribution in [3.05, 3.63) is 29.6 Å². The van der Waals surface area contributed by atoms with Gasteiger partial charge in [0.1, 0.15) is 11.4 Å². The van der Waals surface area contributed by atoms with E-state index in [4.69, 9.17) is 10.4 Å². The van der Waals surface area contributed by atoms with Gasteiger partial charge in [0, 0.05) is 0 Å². The quantitative estimate of drug-likeness (QED) is 0.665. The molecule has 4 nitrogen and oxygen atoms in total. The van der Waals surface area contributed by atoms with E-state index in [-0.39, 0.29) is 12.1 Å². The van der Waals surface area contributed by atoms with Crippen LogP contribution in [0.2, 0.25) is 0 Å². The fourth-order valence-electron chi connectivity index (χ4n) is 0.798. The lowest BCUT2D eigenvalue weighted by Gasteiger charge is -1.92. The number of aromatic nitrogens is 1. The molecular formula is C10H6N2O2. The van der Waals surface area contributed by atoms with E-state index in [1.54, 1.807) is 12.1 Å². The molecule has 0 saturated heterocycles. The fraction of sp³-hybridized carbons (Fsp3) is 0.100. The normalized spacial score (nSPS) is 8.21. The van der Waals surface area contributed by atoms with Crippen molar-refractivity contribution in [3.8, 4) is 17.9 Å². The number of hydrogen-bond donors (Lipinski definition) is 1. The molecule has 0 saturated carbocycles. The zero-order valence-corrected chi connectivity index (χ0v) is 7.19. The van der Waals surface area contributed by atoms with Crippen LogP contribution in [0.15, 0.2) is 18.2 Å². The van der Waals surface area contributed by atoms with E-state index in [0.717, 1.165) is 0 Å². The van der Waals surface area contributed by atoms with Gasteiger partial charge in [-0.15, -0.1) is 0 Å². The van der Waals surface area contributed by atoms with E-state index in [9.17, 15) is 4.79 Å².